The van der Waals surface area contributed by atoms with Gasteiger partial charge in [0, 0.05) is 14.1 Å². The van der Waals surface area contributed by atoms with Crippen LogP contribution in [0.3, 0.4) is 0 Å². The molecule has 0 aliphatic rings. The van der Waals surface area contributed by atoms with Crippen LogP contribution >= 0.6 is 0 Å². The molecule has 0 radical (unpaired) electrons. The van der Waals surface area contributed by atoms with Gasteiger partial charge in [-0.3, -0.25) is 0 Å². The van der Waals surface area contributed by atoms with Crippen molar-refractivity contribution < 1.29 is 0 Å². The monoisotopic (exact) mass is 142 g/mol. The first-order valence-electron chi connectivity index (χ1n) is 2.99. The fraction of sp³-hybridized carbons (Fsp3) is 0.333. The molecular weight excluding hydrogens is 128 g/mol. The van der Waals surface area contributed by atoms with E-state index < -0.39 is 0 Å². The maximum Gasteiger partial charge on any atom is 0.0958 e. The first-order chi connectivity index (χ1) is 4.70. The van der Waals surface area contributed by atoms with Crippen LogP contribution in [0.2, 0.25) is 0 Å². The van der Waals surface area contributed by atoms with Crippen molar-refractivity contribution in [2.24, 2.45) is 11.5 Å². The molecule has 0 fully saturated rings. The zero-order valence-corrected chi connectivity index (χ0v) is 6.31. The predicted octanol–water partition coefficient (Wildman–Crippen LogP) is -0.975. The molecule has 0 spiro atoms. The van der Waals surface area contributed by atoms with Crippen LogP contribution in [-0.2, 0) is 0 Å². The van der Waals surface area contributed by atoms with Gasteiger partial charge in [0.15, 0.2) is 0 Å². The van der Waals surface area contributed by atoms with E-state index in [1.165, 1.54) is 0 Å². The van der Waals surface area contributed by atoms with Crippen LogP contribution in [0.4, 0.5) is 0 Å². The second kappa shape index (κ2) is 4.55. The Balaban J connectivity index is 3.91. The Labute approximate surface area is 61.0 Å². The van der Waals surface area contributed by atoms with E-state index in [0.717, 1.165) is 0 Å². The summed E-state index contributed by atoms with van der Waals surface area (Å²) in [5, 5.41) is 5.51. The van der Waals surface area contributed by atoms with Crippen LogP contribution in [-0.4, -0.2) is 14.1 Å². The van der Waals surface area contributed by atoms with E-state index in [2.05, 4.69) is 10.6 Å². The average molecular weight is 142 g/mol. The summed E-state index contributed by atoms with van der Waals surface area (Å²) in [6, 6.07) is 0. The van der Waals surface area contributed by atoms with Crippen molar-refractivity contribution in [3.63, 3.8) is 0 Å². The third-order valence-electron chi connectivity index (χ3n) is 1.02. The summed E-state index contributed by atoms with van der Waals surface area (Å²) in [7, 11) is 3.49. The van der Waals surface area contributed by atoms with Gasteiger partial charge in [0.2, 0.25) is 0 Å². The Kier molecular flexibility index (Phi) is 3.95. The molecular formula is C6H14N4. The van der Waals surface area contributed by atoms with E-state index in [1.807, 2.05) is 0 Å². The van der Waals surface area contributed by atoms with Crippen molar-refractivity contribution >= 4 is 0 Å². The molecule has 0 saturated carbocycles. The van der Waals surface area contributed by atoms with Gasteiger partial charge in [-0.1, -0.05) is 0 Å². The van der Waals surface area contributed by atoms with Crippen molar-refractivity contribution in [3.8, 4) is 0 Å². The predicted molar refractivity (Wildman–Crippen MR) is 42.7 cm³/mol. The van der Waals surface area contributed by atoms with Crippen molar-refractivity contribution in [3.05, 3.63) is 23.8 Å². The van der Waals surface area contributed by atoms with Crippen LogP contribution in [0.5, 0.6) is 0 Å². The summed E-state index contributed by atoms with van der Waals surface area (Å²) >= 11 is 0. The summed E-state index contributed by atoms with van der Waals surface area (Å²) in [5.74, 6) is 1.16. The normalized spacial score (nSPS) is 13.0. The molecule has 0 aliphatic heterocycles. The number of hydrogen-bond acceptors (Lipinski definition) is 4. The van der Waals surface area contributed by atoms with Gasteiger partial charge in [-0.15, -0.1) is 0 Å². The lowest BCUT2D eigenvalue weighted by Crippen LogP contribution is -2.16. The van der Waals surface area contributed by atoms with Crippen LogP contribution in [0, 0.1) is 0 Å². The Morgan fingerprint density at radius 3 is 1.50 bits per heavy atom. The molecule has 6 N–H and O–H groups in total. The fourth-order valence-corrected chi connectivity index (χ4v) is 0.346. The molecule has 0 saturated heterocycles. The Bertz CT molecular complexity index is 130. The Hall–Kier alpha value is -1.32. The minimum atomic E-state index is 0.582. The summed E-state index contributed by atoms with van der Waals surface area (Å²) in [6.45, 7) is 0. The van der Waals surface area contributed by atoms with Crippen LogP contribution in [0.15, 0.2) is 23.8 Å². The van der Waals surface area contributed by atoms with E-state index in [4.69, 9.17) is 11.5 Å². The third-order valence-corrected chi connectivity index (χ3v) is 1.02. The quantitative estimate of drug-likeness (QED) is 0.382. The summed E-state index contributed by atoms with van der Waals surface area (Å²) in [4.78, 5) is 0. The molecule has 0 bridgehead atoms. The topological polar surface area (TPSA) is 76.1 Å². The third kappa shape index (κ3) is 3.65. The molecule has 4 nitrogen and oxygen atoms in total. The van der Waals surface area contributed by atoms with Crippen molar-refractivity contribution in [1.29, 1.82) is 0 Å². The number of nitrogens with one attached hydrogen (secondary N) is 2. The Morgan fingerprint density at radius 2 is 1.30 bits per heavy atom. The lowest BCUT2D eigenvalue weighted by Gasteiger charge is -1.97. The minimum absolute atomic E-state index is 0.582. The fourth-order valence-electron chi connectivity index (χ4n) is 0.346. The molecule has 0 atom stereocenters. The van der Waals surface area contributed by atoms with Crippen molar-refractivity contribution in [2.75, 3.05) is 14.1 Å². The van der Waals surface area contributed by atoms with Crippen molar-refractivity contribution in [2.45, 2.75) is 0 Å². The number of nitrogens with two attached hydrogens (primary N) is 2. The highest BCUT2D eigenvalue weighted by molar-refractivity contribution is 5.11. The van der Waals surface area contributed by atoms with Gasteiger partial charge >= 0.3 is 0 Å². The van der Waals surface area contributed by atoms with E-state index in [0.29, 0.717) is 11.6 Å². The summed E-state index contributed by atoms with van der Waals surface area (Å²) in [6.07, 6.45) is 3.37. The first kappa shape index (κ1) is 8.68. The minimum Gasteiger partial charge on any atom is -0.386 e. The highest BCUT2D eigenvalue weighted by atomic mass is 15.0. The van der Waals surface area contributed by atoms with Gasteiger partial charge in [0.1, 0.15) is 0 Å². The molecule has 0 aromatic carbocycles. The lowest BCUT2D eigenvalue weighted by atomic mass is 10.5. The summed E-state index contributed by atoms with van der Waals surface area (Å²) < 4.78 is 0. The zero-order chi connectivity index (χ0) is 7.98. The molecule has 0 aliphatic carbocycles. The van der Waals surface area contributed by atoms with E-state index in [9.17, 15) is 0 Å². The van der Waals surface area contributed by atoms with Crippen molar-refractivity contribution in [1.82, 2.24) is 10.6 Å². The standard InChI is InChI=1S/C6H14N4/c1-9-5(7)3-4-6(8)10-2/h3-4,9-10H,7-8H2,1-2H3/b5-3+,6-4+. The highest BCUT2D eigenvalue weighted by Gasteiger charge is 1.80. The highest BCUT2D eigenvalue weighted by Crippen LogP contribution is 1.80. The number of rotatable bonds is 3. The van der Waals surface area contributed by atoms with Gasteiger partial charge in [-0.05, 0) is 12.2 Å². The maximum absolute atomic E-state index is 5.40. The lowest BCUT2D eigenvalue weighted by molar-refractivity contribution is 0.947. The van der Waals surface area contributed by atoms with Crippen LogP contribution in [0.25, 0.3) is 0 Å². The second-order valence-electron chi connectivity index (χ2n) is 1.74. The van der Waals surface area contributed by atoms with Crippen LogP contribution in [0.1, 0.15) is 0 Å². The zero-order valence-electron chi connectivity index (χ0n) is 6.31. The van der Waals surface area contributed by atoms with E-state index in [-0.39, 0.29) is 0 Å². The average Bonchev–Trinajstić information content (AvgIpc) is 1.99. The molecule has 0 unspecified atom stereocenters. The van der Waals surface area contributed by atoms with Gasteiger partial charge in [-0.2, -0.15) is 0 Å². The van der Waals surface area contributed by atoms with Crippen LogP contribution < -0.4 is 22.1 Å². The maximum atomic E-state index is 5.40. The molecule has 0 heterocycles. The molecule has 0 rings (SSSR count). The molecule has 0 aromatic rings. The molecule has 4 heteroatoms. The second-order valence-corrected chi connectivity index (χ2v) is 1.74. The van der Waals surface area contributed by atoms with Gasteiger partial charge in [0.05, 0.1) is 11.6 Å². The molecule has 10 heavy (non-hydrogen) atoms. The first-order valence-corrected chi connectivity index (χ1v) is 2.99. The SMILES string of the molecule is CN/C(N)=C/C=C(\N)NC. The van der Waals surface area contributed by atoms with Gasteiger partial charge < -0.3 is 22.1 Å². The van der Waals surface area contributed by atoms with Gasteiger partial charge in [-0.25, -0.2) is 0 Å². The largest absolute Gasteiger partial charge is 0.386 e. The number of hydrogen-bond donors (Lipinski definition) is 4. The Morgan fingerprint density at radius 1 is 1.00 bits per heavy atom. The van der Waals surface area contributed by atoms with E-state index in [1.54, 1.807) is 26.2 Å². The number of allylic oxidation sites excluding steroid dienone is 2. The molecule has 0 amide bonds. The molecule has 0 aromatic heterocycles. The van der Waals surface area contributed by atoms with E-state index >= 15 is 0 Å². The smallest absolute Gasteiger partial charge is 0.0958 e. The van der Waals surface area contributed by atoms with Gasteiger partial charge in [0.25, 0.3) is 0 Å². The summed E-state index contributed by atoms with van der Waals surface area (Å²) in [5.41, 5.74) is 10.8. The molecule has 58 valence electrons.